The van der Waals surface area contributed by atoms with Crippen LogP contribution in [0.2, 0.25) is 0 Å². The van der Waals surface area contributed by atoms with E-state index in [0.717, 1.165) is 17.7 Å². The molecule has 7 nitrogen and oxygen atoms in total. The summed E-state index contributed by atoms with van der Waals surface area (Å²) in [6.07, 6.45) is 2.23. The molecule has 2 N–H and O–H groups in total. The van der Waals surface area contributed by atoms with E-state index < -0.39 is 0 Å². The summed E-state index contributed by atoms with van der Waals surface area (Å²) in [5.41, 5.74) is 2.67. The van der Waals surface area contributed by atoms with Gasteiger partial charge in [-0.2, -0.15) is 5.10 Å². The fourth-order valence-electron chi connectivity index (χ4n) is 2.40. The Bertz CT molecular complexity index is 914. The second kappa shape index (κ2) is 7.57. The third-order valence-corrected chi connectivity index (χ3v) is 3.83. The van der Waals surface area contributed by atoms with Crippen LogP contribution in [0.1, 0.15) is 23.1 Å². The molecule has 0 bridgehead atoms. The van der Waals surface area contributed by atoms with E-state index in [1.807, 2.05) is 37.3 Å². The Morgan fingerprint density at radius 2 is 2.04 bits per heavy atom. The second-order valence-electron chi connectivity index (χ2n) is 5.55. The summed E-state index contributed by atoms with van der Waals surface area (Å²) in [6.45, 7) is 2.63. The fraction of sp³-hybridized carbons (Fsp3) is 0.222. The minimum atomic E-state index is -0.263. The monoisotopic (exact) mass is 337 g/mol. The molecule has 1 amide bonds. The first-order chi connectivity index (χ1) is 12.2. The number of rotatable bonds is 6. The zero-order valence-electron chi connectivity index (χ0n) is 13.9. The molecule has 3 aromatic rings. The number of aromatic amines is 1. The molecule has 0 fully saturated rings. The number of nitrogens with zero attached hydrogens (tertiary/aromatic N) is 3. The number of H-pyrrole nitrogens is 1. The number of hydrogen-bond donors (Lipinski definition) is 2. The lowest BCUT2D eigenvalue weighted by Crippen LogP contribution is -2.31. The zero-order valence-corrected chi connectivity index (χ0v) is 13.9. The van der Waals surface area contributed by atoms with E-state index in [9.17, 15) is 9.59 Å². The smallest absolute Gasteiger partial charge is 0.269 e. The first-order valence-electron chi connectivity index (χ1n) is 8.11. The van der Waals surface area contributed by atoms with E-state index in [2.05, 4.69) is 20.5 Å². The highest BCUT2D eigenvalue weighted by Crippen LogP contribution is 2.16. The van der Waals surface area contributed by atoms with Gasteiger partial charge in [0, 0.05) is 30.4 Å². The van der Waals surface area contributed by atoms with Gasteiger partial charge in [0.05, 0.1) is 12.0 Å². The molecule has 0 saturated carbocycles. The maximum absolute atomic E-state index is 12.2. The van der Waals surface area contributed by atoms with Gasteiger partial charge in [0.25, 0.3) is 11.5 Å². The molecule has 1 aromatic carbocycles. The average Bonchev–Trinajstić information content (AvgIpc) is 3.14. The minimum absolute atomic E-state index is 0.117. The molecule has 0 aliphatic rings. The predicted octanol–water partition coefficient (Wildman–Crippen LogP) is 1.63. The lowest BCUT2D eigenvalue weighted by molar-refractivity contribution is 0.0947. The molecule has 128 valence electrons. The Kier molecular flexibility index (Phi) is 5.03. The Hall–Kier alpha value is -3.22. The van der Waals surface area contributed by atoms with E-state index in [-0.39, 0.29) is 11.5 Å². The third kappa shape index (κ3) is 4.00. The maximum Gasteiger partial charge on any atom is 0.269 e. The Balaban J connectivity index is 1.58. The van der Waals surface area contributed by atoms with Crippen LogP contribution in [0.15, 0.2) is 53.6 Å². The van der Waals surface area contributed by atoms with Gasteiger partial charge in [-0.3, -0.25) is 19.3 Å². The highest BCUT2D eigenvalue weighted by Gasteiger charge is 2.10. The van der Waals surface area contributed by atoms with Gasteiger partial charge >= 0.3 is 0 Å². The van der Waals surface area contributed by atoms with Gasteiger partial charge in [0.2, 0.25) is 0 Å². The van der Waals surface area contributed by atoms with Crippen molar-refractivity contribution in [1.82, 2.24) is 25.1 Å². The topological polar surface area (TPSA) is 92.7 Å². The molecule has 25 heavy (non-hydrogen) atoms. The fourth-order valence-corrected chi connectivity index (χ4v) is 2.40. The molecule has 0 radical (unpaired) electrons. The molecule has 0 aliphatic carbocycles. The van der Waals surface area contributed by atoms with Crippen LogP contribution in [-0.2, 0) is 13.0 Å². The minimum Gasteiger partial charge on any atom is -0.349 e. The van der Waals surface area contributed by atoms with Gasteiger partial charge in [-0.15, -0.1) is 0 Å². The largest absolute Gasteiger partial charge is 0.349 e. The molecular weight excluding hydrogens is 318 g/mol. The Morgan fingerprint density at radius 3 is 2.76 bits per heavy atom. The Labute approximate surface area is 144 Å². The van der Waals surface area contributed by atoms with Gasteiger partial charge in [-0.25, -0.2) is 4.98 Å². The van der Waals surface area contributed by atoms with Gasteiger partial charge < -0.3 is 5.32 Å². The third-order valence-electron chi connectivity index (χ3n) is 3.83. The summed E-state index contributed by atoms with van der Waals surface area (Å²) in [5, 5.41) is 9.66. The normalized spacial score (nSPS) is 10.6. The van der Waals surface area contributed by atoms with Gasteiger partial charge in [-0.1, -0.05) is 37.3 Å². The molecule has 3 rings (SSSR count). The van der Waals surface area contributed by atoms with Crippen molar-refractivity contribution in [2.24, 2.45) is 0 Å². The van der Waals surface area contributed by atoms with Crippen molar-refractivity contribution in [3.05, 3.63) is 70.5 Å². The highest BCUT2D eigenvalue weighted by molar-refractivity contribution is 5.93. The van der Waals surface area contributed by atoms with E-state index >= 15 is 0 Å². The summed E-state index contributed by atoms with van der Waals surface area (Å²) in [7, 11) is 0. The van der Waals surface area contributed by atoms with Crippen molar-refractivity contribution in [3.8, 4) is 11.3 Å². The number of hydrogen-bond acceptors (Lipinski definition) is 4. The highest BCUT2D eigenvalue weighted by atomic mass is 16.2. The van der Waals surface area contributed by atoms with Crippen molar-refractivity contribution in [2.75, 3.05) is 6.54 Å². The summed E-state index contributed by atoms with van der Waals surface area (Å²) < 4.78 is 1.47. The number of carbonyl (C=O) groups excluding carboxylic acids is 1. The van der Waals surface area contributed by atoms with Crippen LogP contribution in [0.4, 0.5) is 0 Å². The quantitative estimate of drug-likeness (QED) is 0.715. The number of benzene rings is 1. The van der Waals surface area contributed by atoms with Crippen molar-refractivity contribution >= 4 is 5.91 Å². The summed E-state index contributed by atoms with van der Waals surface area (Å²) in [4.78, 5) is 28.3. The van der Waals surface area contributed by atoms with Crippen molar-refractivity contribution in [1.29, 1.82) is 0 Å². The zero-order chi connectivity index (χ0) is 17.6. The molecule has 0 atom stereocenters. The van der Waals surface area contributed by atoms with Gasteiger partial charge in [-0.05, 0) is 12.5 Å². The second-order valence-corrected chi connectivity index (χ2v) is 5.55. The molecule has 2 aromatic heterocycles. The maximum atomic E-state index is 12.2. The number of nitrogens with one attached hydrogen (secondary N) is 2. The first-order valence-corrected chi connectivity index (χ1v) is 8.11. The van der Waals surface area contributed by atoms with E-state index in [1.165, 1.54) is 17.0 Å². The number of amides is 1. The van der Waals surface area contributed by atoms with Crippen molar-refractivity contribution in [3.63, 3.8) is 0 Å². The van der Waals surface area contributed by atoms with Gasteiger partial charge in [0.15, 0.2) is 0 Å². The lowest BCUT2D eigenvalue weighted by atomic mass is 10.1. The van der Waals surface area contributed by atoms with Crippen LogP contribution in [-0.4, -0.2) is 32.2 Å². The van der Waals surface area contributed by atoms with Crippen LogP contribution in [0.3, 0.4) is 0 Å². The molecule has 0 saturated heterocycles. The molecule has 0 unspecified atom stereocenters. The van der Waals surface area contributed by atoms with E-state index in [0.29, 0.717) is 24.5 Å². The SMILES string of the molecule is CCc1cc(=O)n(CCNC(=O)c2cc(-c3ccccc3)n[nH]2)cn1. The lowest BCUT2D eigenvalue weighted by Gasteiger charge is -2.06. The van der Waals surface area contributed by atoms with Crippen molar-refractivity contribution < 1.29 is 4.79 Å². The van der Waals surface area contributed by atoms with E-state index in [1.54, 1.807) is 6.07 Å². The predicted molar refractivity (Wildman–Crippen MR) is 94.2 cm³/mol. The van der Waals surface area contributed by atoms with Gasteiger partial charge in [0.1, 0.15) is 5.69 Å². The number of aromatic nitrogens is 4. The Morgan fingerprint density at radius 1 is 1.24 bits per heavy atom. The van der Waals surface area contributed by atoms with Crippen LogP contribution in [0, 0.1) is 0 Å². The van der Waals surface area contributed by atoms with Crippen LogP contribution < -0.4 is 10.9 Å². The molecular formula is C18H19N5O2. The molecule has 0 aliphatic heterocycles. The summed E-state index contributed by atoms with van der Waals surface area (Å²) in [6, 6.07) is 12.8. The van der Waals surface area contributed by atoms with Crippen molar-refractivity contribution in [2.45, 2.75) is 19.9 Å². The summed E-state index contributed by atoms with van der Waals surface area (Å²) >= 11 is 0. The molecule has 7 heteroatoms. The first kappa shape index (κ1) is 16.6. The summed E-state index contributed by atoms with van der Waals surface area (Å²) in [5.74, 6) is -0.263. The standard InChI is InChI=1S/C18H19N5O2/c1-2-14-10-17(24)23(12-20-14)9-8-19-18(25)16-11-15(21-22-16)13-6-4-3-5-7-13/h3-7,10-12H,2,8-9H2,1H3,(H,19,25)(H,21,22). The number of aryl methyl sites for hydroxylation is 1. The van der Waals surface area contributed by atoms with Crippen LogP contribution in [0.5, 0.6) is 0 Å². The van der Waals surface area contributed by atoms with Crippen LogP contribution >= 0.6 is 0 Å². The van der Waals surface area contributed by atoms with Crippen LogP contribution in [0.25, 0.3) is 11.3 Å². The molecule has 0 spiro atoms. The average molecular weight is 337 g/mol. The number of carbonyl (C=O) groups is 1. The molecule has 2 heterocycles. The van der Waals surface area contributed by atoms with E-state index in [4.69, 9.17) is 0 Å².